The molecule has 0 atom stereocenters. The van der Waals surface area contributed by atoms with Gasteiger partial charge in [-0.2, -0.15) is 0 Å². The molecule has 2 heterocycles. The van der Waals surface area contributed by atoms with Crippen molar-refractivity contribution in [3.05, 3.63) is 55.0 Å². The van der Waals surface area contributed by atoms with Crippen LogP contribution in [0.2, 0.25) is 0 Å². The second kappa shape index (κ2) is 8.72. The van der Waals surface area contributed by atoms with Gasteiger partial charge in [0.25, 0.3) is 5.56 Å². The number of carboxylic acids is 1. The molecule has 0 bridgehead atoms. The van der Waals surface area contributed by atoms with Gasteiger partial charge in [0, 0.05) is 18.7 Å². The molecule has 160 valence electrons. The van der Waals surface area contributed by atoms with Gasteiger partial charge in [0.15, 0.2) is 0 Å². The Labute approximate surface area is 175 Å². The van der Waals surface area contributed by atoms with Crippen LogP contribution >= 0.6 is 11.3 Å². The number of thiophene rings is 1. The van der Waals surface area contributed by atoms with E-state index in [1.54, 1.807) is 25.1 Å². The summed E-state index contributed by atoms with van der Waals surface area (Å²) in [6.45, 7) is 1.96. The Morgan fingerprint density at radius 1 is 1.13 bits per heavy atom. The third-order valence-electron chi connectivity index (χ3n) is 4.83. The molecule has 0 amide bonds. The Bertz CT molecular complexity index is 1220. The van der Waals surface area contributed by atoms with Crippen molar-refractivity contribution in [2.45, 2.75) is 20.0 Å². The monoisotopic (exact) mass is 434 g/mol. The standard InChI is InChI=1S/C20H22N2O7S/c1-11-15-17(23)22(10-12-5-6-13(28-3)9-14(12)29-4)20(26)21(7-8-27-2)18(15)30-16(11)19(24)25/h5-6,9H,7-8,10H2,1-4H3,(H,24,25). The summed E-state index contributed by atoms with van der Waals surface area (Å²) in [7, 11) is 4.52. The molecule has 3 rings (SSSR count). The molecule has 0 aliphatic heterocycles. The molecule has 30 heavy (non-hydrogen) atoms. The van der Waals surface area contributed by atoms with Gasteiger partial charge in [-0.05, 0) is 24.6 Å². The van der Waals surface area contributed by atoms with E-state index in [9.17, 15) is 19.5 Å². The first kappa shape index (κ1) is 21.6. The molecule has 2 aromatic heterocycles. The molecule has 0 spiro atoms. The molecule has 0 saturated carbocycles. The summed E-state index contributed by atoms with van der Waals surface area (Å²) in [6.07, 6.45) is 0. The first-order chi connectivity index (χ1) is 14.3. The topological polar surface area (TPSA) is 109 Å². The molecular formula is C20H22N2O7S. The molecule has 3 aromatic rings. The molecule has 0 aliphatic carbocycles. The predicted molar refractivity (Wildman–Crippen MR) is 113 cm³/mol. The van der Waals surface area contributed by atoms with E-state index in [0.717, 1.165) is 15.9 Å². The zero-order valence-corrected chi connectivity index (χ0v) is 17.9. The fraction of sp³-hybridized carbons (Fsp3) is 0.350. The summed E-state index contributed by atoms with van der Waals surface area (Å²) in [4.78, 5) is 38.4. The van der Waals surface area contributed by atoms with E-state index >= 15 is 0 Å². The minimum Gasteiger partial charge on any atom is -0.497 e. The molecule has 0 fully saturated rings. The molecule has 9 nitrogen and oxygen atoms in total. The number of aromatic carboxylic acids is 1. The molecule has 1 N–H and O–H groups in total. The highest BCUT2D eigenvalue weighted by Crippen LogP contribution is 2.28. The van der Waals surface area contributed by atoms with Crippen LogP contribution in [0.15, 0.2) is 27.8 Å². The maximum absolute atomic E-state index is 13.2. The van der Waals surface area contributed by atoms with Crippen LogP contribution in [0.4, 0.5) is 0 Å². The number of carboxylic acid groups (broad SMARTS) is 1. The maximum atomic E-state index is 13.2. The minimum absolute atomic E-state index is 0.0347. The number of hydrogen-bond donors (Lipinski definition) is 1. The summed E-state index contributed by atoms with van der Waals surface area (Å²) in [5.41, 5.74) is -0.126. The van der Waals surface area contributed by atoms with E-state index in [2.05, 4.69) is 0 Å². The van der Waals surface area contributed by atoms with Crippen LogP contribution in [0.1, 0.15) is 20.8 Å². The number of aromatic nitrogens is 2. The quantitative estimate of drug-likeness (QED) is 0.577. The number of benzene rings is 1. The van der Waals surface area contributed by atoms with Crippen molar-refractivity contribution in [3.63, 3.8) is 0 Å². The van der Waals surface area contributed by atoms with Gasteiger partial charge in [0.05, 0.1) is 39.3 Å². The number of hydrogen-bond acceptors (Lipinski definition) is 7. The van der Waals surface area contributed by atoms with Crippen LogP contribution in [-0.2, 0) is 17.8 Å². The van der Waals surface area contributed by atoms with Gasteiger partial charge in [0.2, 0.25) is 0 Å². The number of nitrogens with zero attached hydrogens (tertiary/aromatic N) is 2. The minimum atomic E-state index is -1.14. The second-order valence-electron chi connectivity index (χ2n) is 6.54. The molecule has 0 aliphatic rings. The van der Waals surface area contributed by atoms with Gasteiger partial charge >= 0.3 is 11.7 Å². The Morgan fingerprint density at radius 2 is 1.87 bits per heavy atom. The summed E-state index contributed by atoms with van der Waals surface area (Å²) in [5.74, 6) is -0.0876. The lowest BCUT2D eigenvalue weighted by atomic mass is 10.1. The fourth-order valence-electron chi connectivity index (χ4n) is 3.27. The van der Waals surface area contributed by atoms with Crippen molar-refractivity contribution in [2.24, 2.45) is 0 Å². The van der Waals surface area contributed by atoms with Gasteiger partial charge < -0.3 is 19.3 Å². The lowest BCUT2D eigenvalue weighted by Crippen LogP contribution is -2.40. The highest BCUT2D eigenvalue weighted by molar-refractivity contribution is 7.20. The zero-order chi connectivity index (χ0) is 22.0. The Balaban J connectivity index is 2.27. The van der Waals surface area contributed by atoms with Gasteiger partial charge in [-0.1, -0.05) is 0 Å². The smallest absolute Gasteiger partial charge is 0.346 e. The number of ether oxygens (including phenoxy) is 3. The Kier molecular flexibility index (Phi) is 6.28. The number of rotatable bonds is 8. The Hall–Kier alpha value is -3.11. The normalized spacial score (nSPS) is 11.1. The van der Waals surface area contributed by atoms with Gasteiger partial charge in [-0.25, -0.2) is 9.59 Å². The summed E-state index contributed by atoms with van der Waals surface area (Å²) in [6, 6.07) is 5.10. The predicted octanol–water partition coefficient (Wildman–Crippen LogP) is 1.94. The van der Waals surface area contributed by atoms with Crippen LogP contribution < -0.4 is 20.7 Å². The highest BCUT2D eigenvalue weighted by Gasteiger charge is 2.23. The molecule has 0 radical (unpaired) electrons. The Morgan fingerprint density at radius 3 is 2.47 bits per heavy atom. The van der Waals surface area contributed by atoms with E-state index in [0.29, 0.717) is 27.5 Å². The van der Waals surface area contributed by atoms with Gasteiger partial charge in [-0.3, -0.25) is 13.9 Å². The average Bonchev–Trinajstić information content (AvgIpc) is 3.08. The maximum Gasteiger partial charge on any atom is 0.346 e. The number of carbonyl (C=O) groups is 1. The first-order valence-corrected chi connectivity index (χ1v) is 9.85. The molecule has 0 unspecified atom stereocenters. The van der Waals surface area contributed by atoms with Crippen molar-refractivity contribution >= 4 is 27.5 Å². The average molecular weight is 434 g/mol. The largest absolute Gasteiger partial charge is 0.497 e. The van der Waals surface area contributed by atoms with E-state index in [-0.39, 0.29) is 30.0 Å². The van der Waals surface area contributed by atoms with E-state index in [1.807, 2.05) is 0 Å². The number of fused-ring (bicyclic) bond motifs is 1. The summed E-state index contributed by atoms with van der Waals surface area (Å²) >= 11 is 0.918. The van der Waals surface area contributed by atoms with Crippen molar-refractivity contribution in [1.82, 2.24) is 9.13 Å². The van der Waals surface area contributed by atoms with Crippen molar-refractivity contribution in [1.29, 1.82) is 0 Å². The highest BCUT2D eigenvalue weighted by atomic mass is 32.1. The summed E-state index contributed by atoms with van der Waals surface area (Å²) in [5, 5.41) is 9.70. The van der Waals surface area contributed by atoms with E-state index < -0.39 is 17.2 Å². The van der Waals surface area contributed by atoms with Crippen molar-refractivity contribution < 1.29 is 24.1 Å². The van der Waals surface area contributed by atoms with Crippen LogP contribution in [0.25, 0.3) is 10.2 Å². The molecule has 0 saturated heterocycles. The van der Waals surface area contributed by atoms with Crippen LogP contribution in [0.5, 0.6) is 11.5 Å². The molecule has 1 aromatic carbocycles. The third-order valence-corrected chi connectivity index (χ3v) is 6.13. The van der Waals surface area contributed by atoms with E-state index in [1.165, 1.54) is 25.9 Å². The number of methoxy groups -OCH3 is 3. The van der Waals surface area contributed by atoms with E-state index in [4.69, 9.17) is 14.2 Å². The fourth-order valence-corrected chi connectivity index (χ4v) is 4.43. The van der Waals surface area contributed by atoms with Crippen molar-refractivity contribution in [3.8, 4) is 11.5 Å². The molecular weight excluding hydrogens is 412 g/mol. The lowest BCUT2D eigenvalue weighted by Gasteiger charge is -2.14. The van der Waals surface area contributed by atoms with Gasteiger partial charge in [0.1, 0.15) is 21.2 Å². The lowest BCUT2D eigenvalue weighted by molar-refractivity contribution is 0.0701. The zero-order valence-electron chi connectivity index (χ0n) is 17.1. The molecule has 10 heteroatoms. The SMILES string of the molecule is COCCn1c(=O)n(Cc2ccc(OC)cc2OC)c(=O)c2c(C)c(C(=O)O)sc21. The van der Waals surface area contributed by atoms with Crippen LogP contribution in [0, 0.1) is 6.92 Å². The van der Waals surface area contributed by atoms with Crippen LogP contribution in [0.3, 0.4) is 0 Å². The first-order valence-electron chi connectivity index (χ1n) is 9.03. The van der Waals surface area contributed by atoms with Crippen LogP contribution in [-0.4, -0.2) is 48.1 Å². The third kappa shape index (κ3) is 3.71. The second-order valence-corrected chi connectivity index (χ2v) is 7.54. The summed E-state index contributed by atoms with van der Waals surface area (Å²) < 4.78 is 18.1. The van der Waals surface area contributed by atoms with Gasteiger partial charge in [-0.15, -0.1) is 11.3 Å². The number of aryl methyl sites for hydroxylation is 1. The van der Waals surface area contributed by atoms with Crippen molar-refractivity contribution in [2.75, 3.05) is 27.9 Å².